The standard InChI is InChI=1S/C24H22BrN3O3/c25-17-8-10-18(11-9-17)27-24(31)26-13-19(14-4-2-1-3-5-14)28-22(29)20-15-6-7-16(12-15)21(20)23(28)30/h1-11,15-16,19-21H,12-13H2,(H2,26,27,31). The second kappa shape index (κ2) is 7.96. The van der Waals surface area contributed by atoms with Gasteiger partial charge >= 0.3 is 6.03 Å². The molecule has 0 aromatic heterocycles. The lowest BCUT2D eigenvalue weighted by Gasteiger charge is -2.28. The van der Waals surface area contributed by atoms with Gasteiger partial charge in [0.2, 0.25) is 11.8 Å². The number of nitrogens with one attached hydrogen (secondary N) is 2. The quantitative estimate of drug-likeness (QED) is 0.500. The summed E-state index contributed by atoms with van der Waals surface area (Å²) in [4.78, 5) is 40.5. The normalized spacial score (nSPS) is 26.8. The minimum atomic E-state index is -0.540. The van der Waals surface area contributed by atoms with Crippen LogP contribution in [0.3, 0.4) is 0 Å². The molecule has 5 rings (SSSR count). The van der Waals surface area contributed by atoms with Crippen LogP contribution in [0.15, 0.2) is 71.2 Å². The van der Waals surface area contributed by atoms with Crippen LogP contribution in [0.25, 0.3) is 0 Å². The summed E-state index contributed by atoms with van der Waals surface area (Å²) in [5.41, 5.74) is 1.48. The molecule has 2 fully saturated rings. The summed E-state index contributed by atoms with van der Waals surface area (Å²) in [5, 5.41) is 5.63. The average molecular weight is 480 g/mol. The predicted molar refractivity (Wildman–Crippen MR) is 120 cm³/mol. The number of rotatable bonds is 5. The van der Waals surface area contributed by atoms with Crippen LogP contribution in [-0.4, -0.2) is 29.3 Å². The lowest BCUT2D eigenvalue weighted by Crippen LogP contribution is -2.43. The summed E-state index contributed by atoms with van der Waals surface area (Å²) < 4.78 is 0.919. The molecule has 5 unspecified atom stereocenters. The second-order valence-electron chi connectivity index (χ2n) is 8.31. The number of fused-ring (bicyclic) bond motifs is 5. The number of hydrogen-bond donors (Lipinski definition) is 2. The Balaban J connectivity index is 1.35. The van der Waals surface area contributed by atoms with E-state index in [2.05, 4.69) is 38.7 Å². The molecule has 158 valence electrons. The third kappa shape index (κ3) is 3.57. The smallest absolute Gasteiger partial charge is 0.319 e. The van der Waals surface area contributed by atoms with E-state index < -0.39 is 6.04 Å². The van der Waals surface area contributed by atoms with Gasteiger partial charge in [0, 0.05) is 16.7 Å². The van der Waals surface area contributed by atoms with Gasteiger partial charge in [0.05, 0.1) is 17.9 Å². The monoisotopic (exact) mass is 479 g/mol. The van der Waals surface area contributed by atoms with Gasteiger partial charge in [-0.25, -0.2) is 4.79 Å². The highest BCUT2D eigenvalue weighted by molar-refractivity contribution is 9.10. The van der Waals surface area contributed by atoms with Crippen LogP contribution in [-0.2, 0) is 9.59 Å². The molecule has 6 nitrogen and oxygen atoms in total. The lowest BCUT2D eigenvalue weighted by atomic mass is 9.85. The summed E-state index contributed by atoms with van der Waals surface area (Å²) >= 11 is 3.37. The lowest BCUT2D eigenvalue weighted by molar-refractivity contribution is -0.143. The molecule has 5 atom stereocenters. The van der Waals surface area contributed by atoms with E-state index in [1.54, 1.807) is 12.1 Å². The predicted octanol–water partition coefficient (Wildman–Crippen LogP) is 4.12. The van der Waals surface area contributed by atoms with Crippen molar-refractivity contribution in [2.24, 2.45) is 23.7 Å². The van der Waals surface area contributed by atoms with Crippen LogP contribution in [0.4, 0.5) is 10.5 Å². The minimum Gasteiger partial charge on any atom is -0.335 e. The van der Waals surface area contributed by atoms with Gasteiger partial charge in [0.25, 0.3) is 0 Å². The van der Waals surface area contributed by atoms with Crippen LogP contribution in [0.5, 0.6) is 0 Å². The Labute approximate surface area is 188 Å². The number of allylic oxidation sites excluding steroid dienone is 2. The average Bonchev–Trinajstić information content (AvgIpc) is 3.46. The van der Waals surface area contributed by atoms with Crippen LogP contribution in [0.2, 0.25) is 0 Å². The molecule has 3 aliphatic rings. The van der Waals surface area contributed by atoms with Crippen molar-refractivity contribution in [1.82, 2.24) is 10.2 Å². The highest BCUT2D eigenvalue weighted by atomic mass is 79.9. The number of likely N-dealkylation sites (tertiary alicyclic amines) is 1. The van der Waals surface area contributed by atoms with Crippen molar-refractivity contribution in [2.75, 3.05) is 11.9 Å². The fraction of sp³-hybridized carbons (Fsp3) is 0.292. The summed E-state index contributed by atoms with van der Waals surface area (Å²) in [5.74, 6) is -0.440. The molecular weight excluding hydrogens is 458 g/mol. The summed E-state index contributed by atoms with van der Waals surface area (Å²) in [6.07, 6.45) is 5.06. The summed E-state index contributed by atoms with van der Waals surface area (Å²) in [7, 11) is 0. The first-order valence-electron chi connectivity index (χ1n) is 10.4. The highest BCUT2D eigenvalue weighted by Crippen LogP contribution is 2.53. The van der Waals surface area contributed by atoms with Gasteiger partial charge in [-0.2, -0.15) is 0 Å². The van der Waals surface area contributed by atoms with Gasteiger partial charge in [-0.05, 0) is 48.1 Å². The molecule has 2 bridgehead atoms. The zero-order chi connectivity index (χ0) is 21.5. The number of imide groups is 1. The largest absolute Gasteiger partial charge is 0.335 e. The fourth-order valence-electron chi connectivity index (χ4n) is 5.16. The van der Waals surface area contributed by atoms with E-state index in [0.29, 0.717) is 5.69 Å². The number of amides is 4. The van der Waals surface area contributed by atoms with Crippen molar-refractivity contribution in [3.05, 3.63) is 76.8 Å². The molecule has 2 N–H and O–H groups in total. The number of hydrogen-bond acceptors (Lipinski definition) is 3. The molecule has 31 heavy (non-hydrogen) atoms. The first-order chi connectivity index (χ1) is 15.0. The zero-order valence-electron chi connectivity index (χ0n) is 16.7. The third-order valence-corrected chi connectivity index (χ3v) is 7.09. The zero-order valence-corrected chi connectivity index (χ0v) is 18.3. The topological polar surface area (TPSA) is 78.5 Å². The Morgan fingerprint density at radius 2 is 1.58 bits per heavy atom. The molecule has 0 radical (unpaired) electrons. The number of urea groups is 1. The van der Waals surface area contributed by atoms with Gasteiger partial charge in [-0.15, -0.1) is 0 Å². The number of anilines is 1. The van der Waals surface area contributed by atoms with Gasteiger partial charge < -0.3 is 10.6 Å². The van der Waals surface area contributed by atoms with Gasteiger partial charge in [-0.3, -0.25) is 14.5 Å². The van der Waals surface area contributed by atoms with E-state index in [9.17, 15) is 14.4 Å². The Kier molecular flexibility index (Phi) is 5.14. The Morgan fingerprint density at radius 1 is 0.968 bits per heavy atom. The molecule has 1 saturated carbocycles. The van der Waals surface area contributed by atoms with E-state index >= 15 is 0 Å². The van der Waals surface area contributed by atoms with Crippen molar-refractivity contribution < 1.29 is 14.4 Å². The molecular formula is C24H22BrN3O3. The number of carbonyl (C=O) groups excluding carboxylic acids is 3. The second-order valence-corrected chi connectivity index (χ2v) is 9.23. The first-order valence-corrected chi connectivity index (χ1v) is 11.2. The molecule has 2 aromatic carbocycles. The number of benzene rings is 2. The van der Waals surface area contributed by atoms with Crippen LogP contribution in [0, 0.1) is 23.7 Å². The van der Waals surface area contributed by atoms with Crippen molar-refractivity contribution in [3.8, 4) is 0 Å². The van der Waals surface area contributed by atoms with E-state index in [1.807, 2.05) is 42.5 Å². The van der Waals surface area contributed by atoms with Crippen LogP contribution in [0.1, 0.15) is 18.0 Å². The van der Waals surface area contributed by atoms with Gasteiger partial charge in [-0.1, -0.05) is 58.4 Å². The molecule has 4 amide bonds. The van der Waals surface area contributed by atoms with Crippen LogP contribution < -0.4 is 10.6 Å². The molecule has 0 spiro atoms. The SMILES string of the molecule is O=C(NCC(c1ccccc1)N1C(=O)C2C3C=CC(C3)C2C1=O)Nc1ccc(Br)cc1. The number of carbonyl (C=O) groups is 3. The third-order valence-electron chi connectivity index (χ3n) is 6.56. The Morgan fingerprint density at radius 3 is 2.19 bits per heavy atom. The molecule has 7 heteroatoms. The van der Waals surface area contributed by atoms with Crippen molar-refractivity contribution in [1.29, 1.82) is 0 Å². The van der Waals surface area contributed by atoms with E-state index in [0.717, 1.165) is 16.5 Å². The van der Waals surface area contributed by atoms with Crippen molar-refractivity contribution >= 4 is 39.5 Å². The van der Waals surface area contributed by atoms with E-state index in [-0.39, 0.29) is 48.1 Å². The Bertz CT molecular complexity index is 1020. The van der Waals surface area contributed by atoms with E-state index in [4.69, 9.17) is 0 Å². The maximum Gasteiger partial charge on any atom is 0.319 e. The van der Waals surface area contributed by atoms with Crippen molar-refractivity contribution in [2.45, 2.75) is 12.5 Å². The Hall–Kier alpha value is -2.93. The maximum atomic E-state index is 13.3. The van der Waals surface area contributed by atoms with E-state index in [1.165, 1.54) is 4.90 Å². The van der Waals surface area contributed by atoms with Crippen molar-refractivity contribution in [3.63, 3.8) is 0 Å². The number of nitrogens with zero attached hydrogens (tertiary/aromatic N) is 1. The summed E-state index contributed by atoms with van der Waals surface area (Å²) in [6, 6.07) is 15.7. The molecule has 2 aliphatic carbocycles. The number of halogens is 1. The fourth-order valence-corrected chi connectivity index (χ4v) is 5.43. The molecule has 1 saturated heterocycles. The maximum absolute atomic E-state index is 13.3. The minimum absolute atomic E-state index is 0.115. The summed E-state index contributed by atoms with van der Waals surface area (Å²) in [6.45, 7) is 0.145. The first kappa shape index (κ1) is 20.0. The van der Waals surface area contributed by atoms with Crippen LogP contribution >= 0.6 is 15.9 Å². The molecule has 2 aromatic rings. The molecule has 1 aliphatic heterocycles. The molecule has 1 heterocycles. The van der Waals surface area contributed by atoms with Gasteiger partial charge in [0.1, 0.15) is 0 Å². The highest BCUT2D eigenvalue weighted by Gasteiger charge is 2.60. The van der Waals surface area contributed by atoms with Gasteiger partial charge in [0.15, 0.2) is 0 Å².